The van der Waals surface area contributed by atoms with E-state index < -0.39 is 18.1 Å². The van der Waals surface area contributed by atoms with Gasteiger partial charge in [0.2, 0.25) is 5.91 Å². The minimum atomic E-state index is -1.06. The maximum atomic E-state index is 13.3. The lowest BCUT2D eigenvalue weighted by molar-refractivity contribution is -0.145. The number of ether oxygens (including phenoxy) is 1. The zero-order valence-corrected chi connectivity index (χ0v) is 20.6. The maximum absolute atomic E-state index is 13.3. The molecule has 0 bridgehead atoms. The summed E-state index contributed by atoms with van der Waals surface area (Å²) in [5, 5.41) is 12.1. The molecule has 0 saturated heterocycles. The standard InChI is InChI=1S/C28H34N2O5/c1-28(2,3)14-24(26(33)30(16-25(31)32)15-18-12-13-18)29-27(34)35-17-23-21-10-6-4-8-19(21)20-9-5-7-11-22(20)23/h4-11,18,23-24H,12-17H2,1-3H3,(H,29,34)(H,31,32). The highest BCUT2D eigenvalue weighted by Gasteiger charge is 2.35. The van der Waals surface area contributed by atoms with Gasteiger partial charge in [0.05, 0.1) is 0 Å². The van der Waals surface area contributed by atoms with Gasteiger partial charge in [-0.25, -0.2) is 4.79 Å². The Morgan fingerprint density at radius 1 is 1.03 bits per heavy atom. The van der Waals surface area contributed by atoms with Crippen molar-refractivity contribution in [2.75, 3.05) is 19.7 Å². The largest absolute Gasteiger partial charge is 0.480 e. The highest BCUT2D eigenvalue weighted by atomic mass is 16.5. The number of benzene rings is 2. The first-order valence-corrected chi connectivity index (χ1v) is 12.2. The van der Waals surface area contributed by atoms with Crippen LogP contribution in [0.1, 0.15) is 57.1 Å². The van der Waals surface area contributed by atoms with Crippen molar-refractivity contribution in [2.24, 2.45) is 11.3 Å². The second-order valence-electron chi connectivity index (χ2n) is 10.8. The van der Waals surface area contributed by atoms with Crippen LogP contribution < -0.4 is 5.32 Å². The number of hydrogen-bond donors (Lipinski definition) is 2. The topological polar surface area (TPSA) is 95.9 Å². The van der Waals surface area contributed by atoms with E-state index in [0.717, 1.165) is 35.1 Å². The summed E-state index contributed by atoms with van der Waals surface area (Å²) in [6.07, 6.45) is 1.69. The molecule has 2 aliphatic carbocycles. The fourth-order valence-electron chi connectivity index (χ4n) is 4.82. The number of amides is 2. The second kappa shape index (κ2) is 10.1. The van der Waals surface area contributed by atoms with Gasteiger partial charge in [-0.05, 0) is 52.8 Å². The molecule has 7 heteroatoms. The van der Waals surface area contributed by atoms with Crippen LogP contribution in [-0.4, -0.2) is 53.7 Å². The molecule has 2 amide bonds. The molecular formula is C28H34N2O5. The first kappa shape index (κ1) is 24.8. The average molecular weight is 479 g/mol. The molecule has 1 unspecified atom stereocenters. The van der Waals surface area contributed by atoms with Crippen LogP contribution in [0.3, 0.4) is 0 Å². The van der Waals surface area contributed by atoms with Crippen molar-refractivity contribution in [2.45, 2.75) is 52.0 Å². The van der Waals surface area contributed by atoms with Crippen LogP contribution in [-0.2, 0) is 14.3 Å². The van der Waals surface area contributed by atoms with Gasteiger partial charge in [0.1, 0.15) is 19.2 Å². The minimum Gasteiger partial charge on any atom is -0.480 e. The number of alkyl carbamates (subject to hydrolysis) is 1. The normalized spacial score (nSPS) is 15.6. The lowest BCUT2D eigenvalue weighted by Crippen LogP contribution is -2.52. The Hall–Kier alpha value is -3.35. The zero-order valence-electron chi connectivity index (χ0n) is 20.6. The molecule has 2 aromatic carbocycles. The first-order chi connectivity index (χ1) is 16.6. The number of carbonyl (C=O) groups is 3. The third kappa shape index (κ3) is 6.21. The van der Waals surface area contributed by atoms with E-state index in [1.165, 1.54) is 4.90 Å². The van der Waals surface area contributed by atoms with Gasteiger partial charge in [-0.1, -0.05) is 69.3 Å². The van der Waals surface area contributed by atoms with Crippen LogP contribution >= 0.6 is 0 Å². The highest BCUT2D eigenvalue weighted by Crippen LogP contribution is 2.44. The summed E-state index contributed by atoms with van der Waals surface area (Å²) in [5.74, 6) is -1.18. The zero-order chi connectivity index (χ0) is 25.2. The van der Waals surface area contributed by atoms with Crippen molar-refractivity contribution in [1.29, 1.82) is 0 Å². The van der Waals surface area contributed by atoms with Crippen molar-refractivity contribution in [1.82, 2.24) is 10.2 Å². The van der Waals surface area contributed by atoms with Gasteiger partial charge in [0.25, 0.3) is 0 Å². The number of nitrogens with one attached hydrogen (secondary N) is 1. The number of carboxylic acids is 1. The van der Waals surface area contributed by atoms with Crippen LogP contribution in [0.5, 0.6) is 0 Å². The maximum Gasteiger partial charge on any atom is 0.407 e. The van der Waals surface area contributed by atoms with Crippen molar-refractivity contribution in [3.8, 4) is 11.1 Å². The molecule has 0 spiro atoms. The molecular weight excluding hydrogens is 444 g/mol. The van der Waals surface area contributed by atoms with Crippen LogP contribution in [0.25, 0.3) is 11.1 Å². The summed E-state index contributed by atoms with van der Waals surface area (Å²) in [7, 11) is 0. The van der Waals surface area contributed by atoms with Gasteiger partial charge >= 0.3 is 12.1 Å². The van der Waals surface area contributed by atoms with E-state index in [1.54, 1.807) is 0 Å². The van der Waals surface area contributed by atoms with E-state index in [1.807, 2.05) is 45.0 Å². The summed E-state index contributed by atoms with van der Waals surface area (Å²) in [5.41, 5.74) is 4.25. The Labute approximate surface area is 206 Å². The monoisotopic (exact) mass is 478 g/mol. The third-order valence-electron chi connectivity index (χ3n) is 6.56. The van der Waals surface area contributed by atoms with E-state index in [9.17, 15) is 19.5 Å². The van der Waals surface area contributed by atoms with E-state index in [4.69, 9.17) is 4.74 Å². The minimum absolute atomic E-state index is 0.0803. The van der Waals surface area contributed by atoms with Crippen LogP contribution in [0.15, 0.2) is 48.5 Å². The molecule has 2 N–H and O–H groups in total. The molecule has 0 aromatic heterocycles. The summed E-state index contributed by atoms with van der Waals surface area (Å²) >= 11 is 0. The molecule has 4 rings (SSSR count). The van der Waals surface area contributed by atoms with Crippen molar-refractivity contribution in [3.05, 3.63) is 59.7 Å². The Kier molecular flexibility index (Phi) is 7.15. The van der Waals surface area contributed by atoms with Gasteiger partial charge in [-0.15, -0.1) is 0 Å². The van der Waals surface area contributed by atoms with Crippen molar-refractivity contribution in [3.63, 3.8) is 0 Å². The summed E-state index contributed by atoms with van der Waals surface area (Å²) < 4.78 is 5.65. The molecule has 1 atom stereocenters. The first-order valence-electron chi connectivity index (χ1n) is 12.2. The number of nitrogens with zero attached hydrogens (tertiary/aromatic N) is 1. The summed E-state index contributed by atoms with van der Waals surface area (Å²) in [6, 6.07) is 15.3. The van der Waals surface area contributed by atoms with E-state index in [0.29, 0.717) is 18.9 Å². The molecule has 0 radical (unpaired) electrons. The molecule has 1 fully saturated rings. The predicted octanol–water partition coefficient (Wildman–Crippen LogP) is 4.65. The van der Waals surface area contributed by atoms with Crippen molar-refractivity contribution < 1.29 is 24.2 Å². The number of rotatable bonds is 9. The fraction of sp³-hybridized carbons (Fsp3) is 0.464. The van der Waals surface area contributed by atoms with E-state index in [2.05, 4.69) is 29.6 Å². The van der Waals surface area contributed by atoms with Crippen molar-refractivity contribution >= 4 is 18.0 Å². The number of carboxylic acid groups (broad SMARTS) is 1. The Balaban J connectivity index is 1.45. The predicted molar refractivity (Wildman–Crippen MR) is 133 cm³/mol. The van der Waals surface area contributed by atoms with Crippen LogP contribution in [0.4, 0.5) is 4.79 Å². The molecule has 2 aromatic rings. The Morgan fingerprint density at radius 3 is 2.11 bits per heavy atom. The molecule has 7 nitrogen and oxygen atoms in total. The lowest BCUT2D eigenvalue weighted by atomic mass is 9.87. The molecule has 0 heterocycles. The summed E-state index contributed by atoms with van der Waals surface area (Å²) in [6.45, 7) is 6.12. The number of fused-ring (bicyclic) bond motifs is 3. The smallest absolute Gasteiger partial charge is 0.407 e. The van der Waals surface area contributed by atoms with Gasteiger partial charge in [-0.3, -0.25) is 9.59 Å². The second-order valence-corrected chi connectivity index (χ2v) is 10.8. The quantitative estimate of drug-likeness (QED) is 0.547. The van der Waals surface area contributed by atoms with Gasteiger partial charge in [0.15, 0.2) is 0 Å². The van der Waals surface area contributed by atoms with E-state index >= 15 is 0 Å². The fourth-order valence-corrected chi connectivity index (χ4v) is 4.82. The van der Waals surface area contributed by atoms with Gasteiger partial charge in [-0.2, -0.15) is 0 Å². The van der Waals surface area contributed by atoms with Gasteiger partial charge < -0.3 is 20.1 Å². The Bertz CT molecular complexity index is 1060. The molecule has 35 heavy (non-hydrogen) atoms. The Morgan fingerprint density at radius 2 is 1.60 bits per heavy atom. The summed E-state index contributed by atoms with van der Waals surface area (Å²) in [4.78, 5) is 39.0. The number of carbonyl (C=O) groups excluding carboxylic acids is 2. The number of aliphatic carboxylic acids is 1. The van der Waals surface area contributed by atoms with Crippen LogP contribution in [0.2, 0.25) is 0 Å². The third-order valence-corrected chi connectivity index (χ3v) is 6.56. The highest BCUT2D eigenvalue weighted by molar-refractivity contribution is 5.88. The molecule has 2 aliphatic rings. The molecule has 1 saturated carbocycles. The SMILES string of the molecule is CC(C)(C)CC(NC(=O)OCC1c2ccccc2-c2ccccc21)C(=O)N(CC(=O)O)CC1CC1. The number of hydrogen-bond acceptors (Lipinski definition) is 4. The average Bonchev–Trinajstić information content (AvgIpc) is 3.55. The lowest BCUT2D eigenvalue weighted by Gasteiger charge is -2.30. The molecule has 0 aliphatic heterocycles. The van der Waals surface area contributed by atoms with E-state index in [-0.39, 0.29) is 30.4 Å². The molecule has 186 valence electrons. The van der Waals surface area contributed by atoms with Gasteiger partial charge in [0, 0.05) is 12.5 Å². The van der Waals surface area contributed by atoms with Crippen LogP contribution in [0, 0.1) is 11.3 Å².